The molecule has 0 radical (unpaired) electrons. The van der Waals surface area contributed by atoms with Gasteiger partial charge in [0.25, 0.3) is 0 Å². The van der Waals surface area contributed by atoms with Gasteiger partial charge in [-0.15, -0.1) is 0 Å². The van der Waals surface area contributed by atoms with Crippen molar-refractivity contribution < 1.29 is 32.8 Å². The van der Waals surface area contributed by atoms with Crippen molar-refractivity contribution in [3.63, 3.8) is 0 Å². The molecule has 1 saturated carbocycles. The van der Waals surface area contributed by atoms with Crippen molar-refractivity contribution in [2.45, 2.75) is 32.0 Å². The fraction of sp³-hybridized carbons (Fsp3) is 0.455. The lowest BCUT2D eigenvalue weighted by molar-refractivity contribution is -0.377. The summed E-state index contributed by atoms with van der Waals surface area (Å²) in [6.07, 6.45) is 4.72. The Balaban J connectivity index is 1.63. The lowest BCUT2D eigenvalue weighted by Gasteiger charge is -2.28. The quantitative estimate of drug-likeness (QED) is 0.507. The number of ether oxygens (including phenoxy) is 3. The Morgan fingerprint density at radius 3 is 2.47 bits per heavy atom. The van der Waals surface area contributed by atoms with E-state index in [0.29, 0.717) is 46.8 Å². The van der Waals surface area contributed by atoms with Crippen LogP contribution < -0.4 is 19.8 Å². The summed E-state index contributed by atoms with van der Waals surface area (Å²) in [6, 6.07) is 4.56. The van der Waals surface area contributed by atoms with Crippen LogP contribution in [0.3, 0.4) is 0 Å². The maximum absolute atomic E-state index is 12.9. The lowest BCUT2D eigenvalue weighted by Crippen LogP contribution is -2.47. The second-order valence-corrected chi connectivity index (χ2v) is 8.77. The first-order valence-corrected chi connectivity index (χ1v) is 11.1. The number of hydrogen-bond donors (Lipinski definition) is 1. The highest BCUT2D eigenvalue weighted by Gasteiger charge is 2.31. The van der Waals surface area contributed by atoms with Crippen molar-refractivity contribution in [3.05, 3.63) is 51.8 Å². The second kappa shape index (κ2) is 10.2. The zero-order valence-corrected chi connectivity index (χ0v) is 18.6. The van der Waals surface area contributed by atoms with Crippen LogP contribution in [-0.4, -0.2) is 32.3 Å². The van der Waals surface area contributed by atoms with Gasteiger partial charge in [-0.2, -0.15) is 8.78 Å². The van der Waals surface area contributed by atoms with E-state index in [2.05, 4.69) is 15.0 Å². The molecule has 1 aliphatic carbocycles. The summed E-state index contributed by atoms with van der Waals surface area (Å²) in [4.78, 5) is 15.4. The van der Waals surface area contributed by atoms with Gasteiger partial charge in [0.15, 0.2) is 23.9 Å². The van der Waals surface area contributed by atoms with Gasteiger partial charge in [0.05, 0.1) is 12.5 Å². The summed E-state index contributed by atoms with van der Waals surface area (Å²) in [6.45, 7) is -1.48. The third-order valence-corrected chi connectivity index (χ3v) is 6.16. The first-order chi connectivity index (χ1) is 15.4. The van der Waals surface area contributed by atoms with E-state index in [1.54, 1.807) is 24.5 Å². The summed E-state index contributed by atoms with van der Waals surface area (Å²) in [5, 5.41) is 3.83. The molecule has 1 aromatic heterocycles. The van der Waals surface area contributed by atoms with Crippen LogP contribution in [0.15, 0.2) is 30.6 Å². The molecular weight excluding hydrogens is 465 g/mol. The van der Waals surface area contributed by atoms with Crippen molar-refractivity contribution in [3.8, 4) is 11.5 Å². The summed E-state index contributed by atoms with van der Waals surface area (Å²) in [5.74, 6) is -0.0601. The number of benzene rings is 1. The number of pyridine rings is 1. The second-order valence-electron chi connectivity index (χ2n) is 7.95. The van der Waals surface area contributed by atoms with Crippen LogP contribution in [0.2, 0.25) is 10.0 Å². The van der Waals surface area contributed by atoms with Gasteiger partial charge in [0.1, 0.15) is 16.1 Å². The highest BCUT2D eigenvalue weighted by Crippen LogP contribution is 2.38. The van der Waals surface area contributed by atoms with E-state index in [0.717, 1.165) is 12.8 Å². The monoisotopic (exact) mass is 487 g/mol. The highest BCUT2D eigenvalue weighted by atomic mass is 35.5. The standard InChI is InChI=1S/C22H22Cl2F2N2O4/c23-16-9-28-10-17(24)15(16)6-19(31-21(29)14-7-27-8-14)13-3-4-18(32-22(25)26)20(5-13)30-11-12-1-2-12/h3-5,9-10,12,14,19,22,27H,1-2,6-8,11H2/p+1/t19-/m0/s1. The van der Waals surface area contributed by atoms with Crippen LogP contribution in [0.5, 0.6) is 11.5 Å². The molecular formula is C22H23Cl2F2N2O4+. The Bertz CT molecular complexity index is 951. The Labute approximate surface area is 194 Å². The number of esters is 1. The zero-order chi connectivity index (χ0) is 22.7. The van der Waals surface area contributed by atoms with E-state index in [1.165, 1.54) is 6.07 Å². The number of hydrogen-bond acceptors (Lipinski definition) is 5. The van der Waals surface area contributed by atoms with Gasteiger partial charge in [0.2, 0.25) is 0 Å². The van der Waals surface area contributed by atoms with Crippen molar-refractivity contribution in [1.82, 2.24) is 5.32 Å². The Kier molecular flexibility index (Phi) is 7.33. The third kappa shape index (κ3) is 5.79. The first-order valence-electron chi connectivity index (χ1n) is 10.4. The molecule has 6 nitrogen and oxygen atoms in total. The van der Waals surface area contributed by atoms with E-state index in [-0.39, 0.29) is 29.8 Å². The Morgan fingerprint density at radius 2 is 1.88 bits per heavy atom. The fourth-order valence-electron chi connectivity index (χ4n) is 3.30. The van der Waals surface area contributed by atoms with Crippen LogP contribution in [0.25, 0.3) is 0 Å². The van der Waals surface area contributed by atoms with Gasteiger partial charge in [-0.1, -0.05) is 29.3 Å². The zero-order valence-electron chi connectivity index (χ0n) is 17.1. The molecule has 1 aliphatic heterocycles. The van der Waals surface area contributed by atoms with Crippen LogP contribution in [0.1, 0.15) is 30.1 Å². The van der Waals surface area contributed by atoms with Gasteiger partial charge >= 0.3 is 12.6 Å². The van der Waals surface area contributed by atoms with Gasteiger partial charge in [0, 0.05) is 25.1 Å². The average molecular weight is 488 g/mol. The third-order valence-electron chi connectivity index (χ3n) is 5.49. The topological polar surface area (TPSA) is 70.9 Å². The molecule has 4 rings (SSSR count). The van der Waals surface area contributed by atoms with Crippen LogP contribution in [0, 0.1) is 11.8 Å². The van der Waals surface area contributed by atoms with E-state index in [4.69, 9.17) is 32.7 Å². The molecule has 0 unspecified atom stereocenters. The molecule has 1 atom stereocenters. The average Bonchev–Trinajstić information content (AvgIpc) is 3.52. The molecule has 2 heterocycles. The van der Waals surface area contributed by atoms with Gasteiger partial charge in [-0.3, -0.25) is 4.79 Å². The SMILES string of the molecule is O=C(O[C@@H](Cc1c(Cl)c[nH+]cc1Cl)c1ccc(OC(F)F)c(OCC2CC2)c1)C1CNC1. The predicted molar refractivity (Wildman–Crippen MR) is 113 cm³/mol. The minimum Gasteiger partial charge on any atom is -0.489 e. The molecule has 2 fully saturated rings. The fourth-order valence-corrected chi connectivity index (χ4v) is 3.83. The van der Waals surface area contributed by atoms with Crippen LogP contribution in [-0.2, 0) is 16.0 Å². The molecule has 1 saturated heterocycles. The molecule has 1 aromatic carbocycles. The van der Waals surface area contributed by atoms with Gasteiger partial charge in [-0.25, -0.2) is 4.98 Å². The van der Waals surface area contributed by atoms with Crippen LogP contribution in [0.4, 0.5) is 8.78 Å². The van der Waals surface area contributed by atoms with E-state index in [1.807, 2.05) is 0 Å². The molecule has 2 aromatic rings. The highest BCUT2D eigenvalue weighted by molar-refractivity contribution is 6.35. The number of halogens is 4. The van der Waals surface area contributed by atoms with Crippen molar-refractivity contribution in [2.75, 3.05) is 19.7 Å². The molecule has 0 spiro atoms. The summed E-state index contributed by atoms with van der Waals surface area (Å²) in [5.41, 5.74) is 1.17. The first kappa shape index (κ1) is 23.0. The number of aromatic amines is 1. The molecule has 2 N–H and O–H groups in total. The molecule has 2 aliphatic rings. The van der Waals surface area contributed by atoms with Gasteiger partial charge in [-0.05, 0) is 36.5 Å². The number of nitrogens with one attached hydrogen (secondary N) is 2. The minimum atomic E-state index is -2.98. The maximum Gasteiger partial charge on any atom is 0.387 e. The molecule has 10 heteroatoms. The number of H-pyrrole nitrogens is 1. The predicted octanol–water partition coefficient (Wildman–Crippen LogP) is 4.24. The minimum absolute atomic E-state index is 0.0666. The number of aromatic nitrogens is 1. The summed E-state index contributed by atoms with van der Waals surface area (Å²) < 4.78 is 41.9. The number of carbonyl (C=O) groups excluding carboxylic acids is 1. The molecule has 32 heavy (non-hydrogen) atoms. The molecule has 0 bridgehead atoms. The van der Waals surface area contributed by atoms with Crippen molar-refractivity contribution in [2.24, 2.45) is 11.8 Å². The molecule has 172 valence electrons. The largest absolute Gasteiger partial charge is 0.489 e. The van der Waals surface area contributed by atoms with E-state index < -0.39 is 12.7 Å². The van der Waals surface area contributed by atoms with Gasteiger partial charge < -0.3 is 19.5 Å². The Morgan fingerprint density at radius 1 is 1.16 bits per heavy atom. The number of carbonyl (C=O) groups is 1. The van der Waals surface area contributed by atoms with Crippen molar-refractivity contribution >= 4 is 29.2 Å². The van der Waals surface area contributed by atoms with E-state index >= 15 is 0 Å². The summed E-state index contributed by atoms with van der Waals surface area (Å²) >= 11 is 12.6. The number of rotatable bonds is 10. The van der Waals surface area contributed by atoms with Crippen LogP contribution >= 0.6 is 23.2 Å². The maximum atomic E-state index is 12.9. The normalized spacial score (nSPS) is 17.0. The lowest BCUT2D eigenvalue weighted by atomic mass is 10.00. The van der Waals surface area contributed by atoms with E-state index in [9.17, 15) is 13.6 Å². The smallest absolute Gasteiger partial charge is 0.387 e. The number of alkyl halides is 2. The summed E-state index contributed by atoms with van der Waals surface area (Å²) in [7, 11) is 0. The molecule has 0 amide bonds. The Hall–Kier alpha value is -2.16. The van der Waals surface area contributed by atoms with Crippen molar-refractivity contribution in [1.29, 1.82) is 0 Å².